The summed E-state index contributed by atoms with van der Waals surface area (Å²) in [7, 11) is 0. The highest BCUT2D eigenvalue weighted by Crippen LogP contribution is 2.23. The van der Waals surface area contributed by atoms with E-state index in [1.165, 1.54) is 0 Å². The van der Waals surface area contributed by atoms with Crippen LogP contribution in [0.4, 0.5) is 0 Å². The summed E-state index contributed by atoms with van der Waals surface area (Å²) in [6.07, 6.45) is 2.81. The maximum absolute atomic E-state index is 11.7. The zero-order valence-electron chi connectivity index (χ0n) is 10.6. The fourth-order valence-corrected chi connectivity index (χ4v) is 2.00. The number of carbonyl (C=O) groups excluding carboxylic acids is 1. The second kappa shape index (κ2) is 5.64. The Morgan fingerprint density at radius 1 is 1.56 bits per heavy atom. The monoisotopic (exact) mass is 228 g/mol. The molecule has 0 aromatic rings. The first-order valence-corrected chi connectivity index (χ1v) is 6.10. The molecule has 0 spiro atoms. The summed E-state index contributed by atoms with van der Waals surface area (Å²) < 4.78 is 5.60. The van der Waals surface area contributed by atoms with Crippen LogP contribution < -0.4 is 11.1 Å². The van der Waals surface area contributed by atoms with E-state index in [4.69, 9.17) is 10.5 Å². The van der Waals surface area contributed by atoms with Crippen LogP contribution in [-0.4, -0.2) is 30.7 Å². The van der Waals surface area contributed by atoms with E-state index in [1.807, 2.05) is 6.92 Å². The quantitative estimate of drug-likeness (QED) is 0.739. The van der Waals surface area contributed by atoms with Crippen molar-refractivity contribution >= 4 is 5.91 Å². The molecule has 0 aliphatic carbocycles. The molecule has 0 radical (unpaired) electrons. The minimum atomic E-state index is -0.398. The Bertz CT molecular complexity index is 235. The van der Waals surface area contributed by atoms with Crippen LogP contribution in [0.3, 0.4) is 0 Å². The summed E-state index contributed by atoms with van der Waals surface area (Å²) >= 11 is 0. The van der Waals surface area contributed by atoms with E-state index in [1.54, 1.807) is 0 Å². The molecule has 0 aromatic heterocycles. The predicted octanol–water partition coefficient (Wildman–Crippen LogP) is 1.05. The standard InChI is InChI=1S/C12H24N2O2/c1-9(2)7-10(13)11(15)14-8-12(3)5-4-6-16-12/h9-10H,4-8,13H2,1-3H3,(H,14,15)/t10-,12?/m1/s1. The molecule has 2 atom stereocenters. The molecule has 1 amide bonds. The number of amides is 1. The van der Waals surface area contributed by atoms with Gasteiger partial charge in [0.25, 0.3) is 0 Å². The van der Waals surface area contributed by atoms with Gasteiger partial charge in [-0.1, -0.05) is 13.8 Å². The zero-order chi connectivity index (χ0) is 12.2. The molecular weight excluding hydrogens is 204 g/mol. The lowest BCUT2D eigenvalue weighted by Gasteiger charge is -2.24. The summed E-state index contributed by atoms with van der Waals surface area (Å²) in [6, 6.07) is -0.398. The number of ether oxygens (including phenoxy) is 1. The summed E-state index contributed by atoms with van der Waals surface area (Å²) in [5.41, 5.74) is 5.61. The zero-order valence-corrected chi connectivity index (χ0v) is 10.6. The van der Waals surface area contributed by atoms with Gasteiger partial charge in [0, 0.05) is 13.2 Å². The Kier molecular flexibility index (Phi) is 4.74. The van der Waals surface area contributed by atoms with Crippen LogP contribution in [0.15, 0.2) is 0 Å². The van der Waals surface area contributed by atoms with E-state index in [2.05, 4.69) is 19.2 Å². The van der Waals surface area contributed by atoms with E-state index in [0.717, 1.165) is 25.9 Å². The highest BCUT2D eigenvalue weighted by molar-refractivity contribution is 5.81. The van der Waals surface area contributed by atoms with Crippen molar-refractivity contribution in [3.8, 4) is 0 Å². The third-order valence-corrected chi connectivity index (χ3v) is 3.00. The van der Waals surface area contributed by atoms with E-state index < -0.39 is 6.04 Å². The number of hydrogen-bond acceptors (Lipinski definition) is 3. The van der Waals surface area contributed by atoms with Crippen LogP contribution in [0.2, 0.25) is 0 Å². The van der Waals surface area contributed by atoms with Gasteiger partial charge in [-0.05, 0) is 32.1 Å². The molecule has 1 aliphatic rings. The van der Waals surface area contributed by atoms with Crippen molar-refractivity contribution in [2.75, 3.05) is 13.2 Å². The van der Waals surface area contributed by atoms with Gasteiger partial charge in [0.05, 0.1) is 11.6 Å². The number of hydrogen-bond donors (Lipinski definition) is 2. The minimum Gasteiger partial charge on any atom is -0.373 e. The van der Waals surface area contributed by atoms with Gasteiger partial charge in [-0.2, -0.15) is 0 Å². The van der Waals surface area contributed by atoms with Crippen LogP contribution in [-0.2, 0) is 9.53 Å². The molecule has 1 aliphatic heterocycles. The third kappa shape index (κ3) is 4.10. The van der Waals surface area contributed by atoms with Crippen molar-refractivity contribution in [1.29, 1.82) is 0 Å². The van der Waals surface area contributed by atoms with Crippen LogP contribution in [0, 0.1) is 5.92 Å². The number of rotatable bonds is 5. The van der Waals surface area contributed by atoms with Gasteiger partial charge in [-0.25, -0.2) is 0 Å². The van der Waals surface area contributed by atoms with Crippen molar-refractivity contribution in [3.05, 3.63) is 0 Å². The average Bonchev–Trinajstić information content (AvgIpc) is 2.61. The van der Waals surface area contributed by atoms with Crippen molar-refractivity contribution in [3.63, 3.8) is 0 Å². The van der Waals surface area contributed by atoms with Gasteiger partial charge < -0.3 is 15.8 Å². The third-order valence-electron chi connectivity index (χ3n) is 3.00. The lowest BCUT2D eigenvalue weighted by atomic mass is 10.0. The molecule has 16 heavy (non-hydrogen) atoms. The molecule has 1 unspecified atom stereocenters. The topological polar surface area (TPSA) is 64.4 Å². The summed E-state index contributed by atoms with van der Waals surface area (Å²) in [5.74, 6) is 0.379. The number of nitrogens with one attached hydrogen (secondary N) is 1. The number of nitrogens with two attached hydrogens (primary N) is 1. The maximum Gasteiger partial charge on any atom is 0.237 e. The predicted molar refractivity (Wildman–Crippen MR) is 64.0 cm³/mol. The Labute approximate surface area is 97.9 Å². The van der Waals surface area contributed by atoms with Crippen LogP contribution in [0.5, 0.6) is 0 Å². The van der Waals surface area contributed by atoms with Gasteiger partial charge in [0.1, 0.15) is 0 Å². The van der Waals surface area contributed by atoms with E-state index in [0.29, 0.717) is 12.5 Å². The fourth-order valence-electron chi connectivity index (χ4n) is 2.00. The second-order valence-electron chi connectivity index (χ2n) is 5.36. The van der Waals surface area contributed by atoms with E-state index in [9.17, 15) is 4.79 Å². The summed E-state index contributed by atoms with van der Waals surface area (Å²) in [5, 5.41) is 2.88. The Balaban J connectivity index is 2.28. The van der Waals surface area contributed by atoms with Crippen molar-refractivity contribution in [1.82, 2.24) is 5.32 Å². The maximum atomic E-state index is 11.7. The smallest absolute Gasteiger partial charge is 0.237 e. The van der Waals surface area contributed by atoms with Crippen LogP contribution in [0.1, 0.15) is 40.0 Å². The van der Waals surface area contributed by atoms with Gasteiger partial charge >= 0.3 is 0 Å². The van der Waals surface area contributed by atoms with Crippen molar-refractivity contribution in [2.45, 2.75) is 51.7 Å². The van der Waals surface area contributed by atoms with Crippen molar-refractivity contribution < 1.29 is 9.53 Å². The average molecular weight is 228 g/mol. The molecule has 4 heteroatoms. The normalized spacial score (nSPS) is 27.1. The highest BCUT2D eigenvalue weighted by Gasteiger charge is 2.30. The number of carbonyl (C=O) groups is 1. The molecule has 0 aromatic carbocycles. The van der Waals surface area contributed by atoms with Crippen molar-refractivity contribution in [2.24, 2.45) is 11.7 Å². The SMILES string of the molecule is CC(C)C[C@@H](N)C(=O)NCC1(C)CCCO1. The second-order valence-corrected chi connectivity index (χ2v) is 5.36. The largest absolute Gasteiger partial charge is 0.373 e. The first-order valence-electron chi connectivity index (χ1n) is 6.10. The molecule has 0 bridgehead atoms. The molecule has 3 N–H and O–H groups in total. The summed E-state index contributed by atoms with van der Waals surface area (Å²) in [4.78, 5) is 11.7. The van der Waals surface area contributed by atoms with Crippen LogP contribution in [0.25, 0.3) is 0 Å². The lowest BCUT2D eigenvalue weighted by Crippen LogP contribution is -2.47. The molecule has 1 saturated heterocycles. The first kappa shape index (κ1) is 13.5. The Morgan fingerprint density at radius 3 is 2.75 bits per heavy atom. The highest BCUT2D eigenvalue weighted by atomic mass is 16.5. The first-order chi connectivity index (χ1) is 7.43. The van der Waals surface area contributed by atoms with E-state index in [-0.39, 0.29) is 11.5 Å². The van der Waals surface area contributed by atoms with Gasteiger partial charge in [0.2, 0.25) is 5.91 Å². The molecule has 1 fully saturated rings. The van der Waals surface area contributed by atoms with Crippen LogP contribution >= 0.6 is 0 Å². The molecule has 94 valence electrons. The molecular formula is C12H24N2O2. The van der Waals surface area contributed by atoms with Gasteiger partial charge in [-0.3, -0.25) is 4.79 Å². The lowest BCUT2D eigenvalue weighted by molar-refractivity contribution is -0.124. The Morgan fingerprint density at radius 2 is 2.25 bits per heavy atom. The molecule has 1 rings (SSSR count). The molecule has 0 saturated carbocycles. The fraction of sp³-hybridized carbons (Fsp3) is 0.917. The molecule has 1 heterocycles. The van der Waals surface area contributed by atoms with Gasteiger partial charge in [-0.15, -0.1) is 0 Å². The molecule has 4 nitrogen and oxygen atoms in total. The minimum absolute atomic E-state index is 0.0644. The Hall–Kier alpha value is -0.610. The summed E-state index contributed by atoms with van der Waals surface area (Å²) in [6.45, 7) is 7.53. The van der Waals surface area contributed by atoms with E-state index >= 15 is 0 Å². The van der Waals surface area contributed by atoms with Gasteiger partial charge in [0.15, 0.2) is 0 Å².